The van der Waals surface area contributed by atoms with Crippen LogP contribution >= 0.6 is 0 Å². The Morgan fingerprint density at radius 2 is 1.79 bits per heavy atom. The van der Waals surface area contributed by atoms with E-state index >= 15 is 0 Å². The molecule has 0 bridgehead atoms. The predicted molar refractivity (Wildman–Crippen MR) is 64.4 cm³/mol. The number of sulfonamides is 1. The SMILES string of the molecule is COC(=O)CC[C@H](NS(=O)(=O)CS(C)(=O)=O)C(=O)O. The lowest BCUT2D eigenvalue weighted by atomic mass is 10.2. The van der Waals surface area contributed by atoms with Gasteiger partial charge in [0.2, 0.25) is 10.0 Å². The summed E-state index contributed by atoms with van der Waals surface area (Å²) < 4.78 is 50.6. The van der Waals surface area contributed by atoms with Gasteiger partial charge >= 0.3 is 11.9 Å². The van der Waals surface area contributed by atoms with E-state index < -0.39 is 42.9 Å². The Balaban J connectivity index is 4.76. The molecule has 112 valence electrons. The predicted octanol–water partition coefficient (Wildman–Crippen LogP) is -1.69. The summed E-state index contributed by atoms with van der Waals surface area (Å²) in [6.45, 7) is 0. The first-order chi connectivity index (χ1) is 8.47. The molecule has 0 unspecified atom stereocenters. The number of hydrogen-bond donors (Lipinski definition) is 2. The van der Waals surface area contributed by atoms with Gasteiger partial charge in [-0.3, -0.25) is 9.59 Å². The molecule has 0 radical (unpaired) electrons. The van der Waals surface area contributed by atoms with E-state index in [4.69, 9.17) is 5.11 Å². The zero-order chi connectivity index (χ0) is 15.3. The van der Waals surface area contributed by atoms with E-state index in [0.29, 0.717) is 6.26 Å². The average Bonchev–Trinajstić information content (AvgIpc) is 2.19. The van der Waals surface area contributed by atoms with Gasteiger partial charge in [-0.15, -0.1) is 0 Å². The normalized spacial score (nSPS) is 13.8. The number of hydrogen-bond acceptors (Lipinski definition) is 7. The molecule has 19 heavy (non-hydrogen) atoms. The number of ether oxygens (including phenoxy) is 1. The van der Waals surface area contributed by atoms with Gasteiger partial charge in [-0.1, -0.05) is 0 Å². The molecule has 0 aromatic heterocycles. The topological polar surface area (TPSA) is 144 Å². The molecule has 0 amide bonds. The van der Waals surface area contributed by atoms with E-state index in [1.807, 2.05) is 0 Å². The zero-order valence-corrected chi connectivity index (χ0v) is 12.0. The van der Waals surface area contributed by atoms with Crippen molar-refractivity contribution in [1.29, 1.82) is 0 Å². The highest BCUT2D eigenvalue weighted by Crippen LogP contribution is 2.03. The third-order valence-corrected chi connectivity index (χ3v) is 5.45. The van der Waals surface area contributed by atoms with Gasteiger partial charge < -0.3 is 9.84 Å². The van der Waals surface area contributed by atoms with Crippen LogP contribution in [0, 0.1) is 0 Å². The number of carboxylic acids is 1. The van der Waals surface area contributed by atoms with Gasteiger partial charge in [0.15, 0.2) is 14.9 Å². The second-order valence-electron chi connectivity index (χ2n) is 3.78. The molecule has 0 saturated carbocycles. The standard InChI is InChI=1S/C8H15NO8S2/c1-17-7(10)4-3-6(8(11)12)9-19(15,16)5-18(2,13)14/h6,9H,3-5H2,1-2H3,(H,11,12)/t6-/m0/s1. The van der Waals surface area contributed by atoms with Crippen LogP contribution in [0.15, 0.2) is 0 Å². The summed E-state index contributed by atoms with van der Waals surface area (Å²) in [5, 5.41) is 7.57. The van der Waals surface area contributed by atoms with Crippen molar-refractivity contribution in [1.82, 2.24) is 4.72 Å². The van der Waals surface area contributed by atoms with E-state index in [9.17, 15) is 26.4 Å². The molecule has 2 N–H and O–H groups in total. The van der Waals surface area contributed by atoms with Crippen LogP contribution in [0.2, 0.25) is 0 Å². The number of methoxy groups -OCH3 is 1. The Morgan fingerprint density at radius 1 is 1.26 bits per heavy atom. The lowest BCUT2D eigenvalue weighted by Gasteiger charge is -2.13. The molecule has 0 aliphatic rings. The highest BCUT2D eigenvalue weighted by Gasteiger charge is 2.27. The second-order valence-corrected chi connectivity index (χ2v) is 8.04. The quantitative estimate of drug-likeness (QED) is 0.505. The van der Waals surface area contributed by atoms with Crippen LogP contribution in [0.1, 0.15) is 12.8 Å². The summed E-state index contributed by atoms with van der Waals surface area (Å²) in [6, 6.07) is -1.59. The van der Waals surface area contributed by atoms with Gasteiger partial charge in [-0.2, -0.15) is 0 Å². The molecule has 0 saturated heterocycles. The first-order valence-electron chi connectivity index (χ1n) is 4.94. The van der Waals surface area contributed by atoms with E-state index in [-0.39, 0.29) is 12.8 Å². The van der Waals surface area contributed by atoms with Gasteiger partial charge in [0.1, 0.15) is 6.04 Å². The number of nitrogens with one attached hydrogen (secondary N) is 1. The smallest absolute Gasteiger partial charge is 0.321 e. The number of carbonyl (C=O) groups excluding carboxylic acids is 1. The van der Waals surface area contributed by atoms with Gasteiger partial charge in [-0.25, -0.2) is 21.6 Å². The van der Waals surface area contributed by atoms with E-state index in [2.05, 4.69) is 4.74 Å². The largest absolute Gasteiger partial charge is 0.480 e. The fourth-order valence-electron chi connectivity index (χ4n) is 1.13. The van der Waals surface area contributed by atoms with Crippen LogP contribution in [0.4, 0.5) is 0 Å². The van der Waals surface area contributed by atoms with E-state index in [1.165, 1.54) is 0 Å². The molecular formula is C8H15NO8S2. The maximum Gasteiger partial charge on any atom is 0.321 e. The zero-order valence-electron chi connectivity index (χ0n) is 10.3. The van der Waals surface area contributed by atoms with Crippen molar-refractivity contribution in [2.24, 2.45) is 0 Å². The molecular weight excluding hydrogens is 302 g/mol. The molecule has 9 nitrogen and oxygen atoms in total. The maximum atomic E-state index is 11.4. The maximum absolute atomic E-state index is 11.4. The van der Waals surface area contributed by atoms with Gasteiger partial charge in [0.05, 0.1) is 7.11 Å². The van der Waals surface area contributed by atoms with Gasteiger partial charge in [0.25, 0.3) is 0 Å². The number of sulfone groups is 1. The van der Waals surface area contributed by atoms with E-state index in [0.717, 1.165) is 7.11 Å². The Morgan fingerprint density at radius 3 is 2.16 bits per heavy atom. The highest BCUT2D eigenvalue weighted by molar-refractivity contribution is 8.06. The first-order valence-corrected chi connectivity index (χ1v) is 8.65. The summed E-state index contributed by atoms with van der Waals surface area (Å²) >= 11 is 0. The number of carboxylic acid groups (broad SMARTS) is 1. The lowest BCUT2D eigenvalue weighted by molar-refractivity contribution is -0.142. The molecule has 0 fully saturated rings. The molecule has 0 aromatic rings. The molecule has 0 aromatic carbocycles. The van der Waals surface area contributed by atoms with Crippen molar-refractivity contribution < 1.29 is 36.3 Å². The minimum absolute atomic E-state index is 0.311. The first kappa shape index (κ1) is 17.8. The molecule has 0 spiro atoms. The molecule has 0 aliphatic carbocycles. The second kappa shape index (κ2) is 6.82. The molecule has 0 aliphatic heterocycles. The Kier molecular flexibility index (Phi) is 6.39. The van der Waals surface area contributed by atoms with Crippen LogP contribution in [0.5, 0.6) is 0 Å². The number of rotatable bonds is 8. The van der Waals surface area contributed by atoms with Crippen molar-refractivity contribution in [2.45, 2.75) is 18.9 Å². The molecule has 1 atom stereocenters. The molecule has 11 heteroatoms. The third-order valence-electron chi connectivity index (χ3n) is 1.85. The van der Waals surface area contributed by atoms with Crippen LogP contribution < -0.4 is 4.72 Å². The molecule has 0 rings (SSSR count). The Hall–Kier alpha value is -1.20. The third kappa shape index (κ3) is 8.51. The highest BCUT2D eigenvalue weighted by atomic mass is 32.3. The average molecular weight is 317 g/mol. The molecule has 0 heterocycles. The van der Waals surface area contributed by atoms with Crippen LogP contribution in [0.25, 0.3) is 0 Å². The summed E-state index contributed by atoms with van der Waals surface area (Å²) in [5.41, 5.74) is 0. The van der Waals surface area contributed by atoms with Crippen LogP contribution in [-0.4, -0.2) is 58.4 Å². The summed E-state index contributed by atoms with van der Waals surface area (Å²) in [5.74, 6) is -2.21. The Bertz CT molecular complexity index is 535. The number of aliphatic carboxylic acids is 1. The summed E-state index contributed by atoms with van der Waals surface area (Å²) in [4.78, 5) is 21.7. The van der Waals surface area contributed by atoms with Crippen molar-refractivity contribution in [2.75, 3.05) is 18.5 Å². The minimum atomic E-state index is -4.31. The van der Waals surface area contributed by atoms with Gasteiger partial charge in [0, 0.05) is 12.7 Å². The summed E-state index contributed by atoms with van der Waals surface area (Å²) in [7, 11) is -7.03. The van der Waals surface area contributed by atoms with Crippen molar-refractivity contribution in [3.63, 3.8) is 0 Å². The van der Waals surface area contributed by atoms with E-state index in [1.54, 1.807) is 4.72 Å². The number of carbonyl (C=O) groups is 2. The van der Waals surface area contributed by atoms with Crippen molar-refractivity contribution >= 4 is 31.8 Å². The van der Waals surface area contributed by atoms with Crippen LogP contribution in [0.3, 0.4) is 0 Å². The fourth-order valence-corrected chi connectivity index (χ4v) is 4.31. The van der Waals surface area contributed by atoms with Gasteiger partial charge in [-0.05, 0) is 6.42 Å². The van der Waals surface area contributed by atoms with Crippen molar-refractivity contribution in [3.05, 3.63) is 0 Å². The lowest BCUT2D eigenvalue weighted by Crippen LogP contribution is -2.43. The summed E-state index contributed by atoms with van der Waals surface area (Å²) in [6.07, 6.45) is 0.0519. The monoisotopic (exact) mass is 317 g/mol. The van der Waals surface area contributed by atoms with Crippen molar-refractivity contribution in [3.8, 4) is 0 Å². The number of esters is 1. The fraction of sp³-hybridized carbons (Fsp3) is 0.750. The van der Waals surface area contributed by atoms with Crippen LogP contribution in [-0.2, 0) is 34.2 Å². The Labute approximate surface area is 110 Å². The minimum Gasteiger partial charge on any atom is -0.480 e.